The number of benzene rings is 2. The second kappa shape index (κ2) is 8.78. The summed E-state index contributed by atoms with van der Waals surface area (Å²) in [6, 6.07) is 11.5. The molecule has 8 heteroatoms. The summed E-state index contributed by atoms with van der Waals surface area (Å²) in [4.78, 5) is 43.4. The van der Waals surface area contributed by atoms with Gasteiger partial charge in [-0.05, 0) is 87.8 Å². The number of carbonyl (C=O) groups excluding carboxylic acids is 2. The van der Waals surface area contributed by atoms with Crippen molar-refractivity contribution in [3.8, 4) is 0 Å². The van der Waals surface area contributed by atoms with E-state index in [0.29, 0.717) is 16.9 Å². The Labute approximate surface area is 193 Å². The van der Waals surface area contributed by atoms with Crippen molar-refractivity contribution in [2.45, 2.75) is 32.7 Å². The molecule has 2 aromatic carbocycles. The quantitative estimate of drug-likeness (QED) is 0.395. The first kappa shape index (κ1) is 22.7. The maximum atomic E-state index is 13.7. The minimum atomic E-state index is -0.479. The molecule has 0 aliphatic carbocycles. The molecule has 0 aromatic heterocycles. The van der Waals surface area contributed by atoms with Crippen molar-refractivity contribution >= 4 is 28.8 Å². The highest BCUT2D eigenvalue weighted by molar-refractivity contribution is 6.45. The lowest BCUT2D eigenvalue weighted by Crippen LogP contribution is -2.43. The molecule has 0 atom stereocenters. The number of anilines is 1. The molecule has 1 fully saturated rings. The van der Waals surface area contributed by atoms with Crippen LogP contribution in [0.15, 0.2) is 48.2 Å². The lowest BCUT2D eigenvalue weighted by molar-refractivity contribution is -0.384. The van der Waals surface area contributed by atoms with Gasteiger partial charge < -0.3 is 9.80 Å². The number of hydrogen-bond acceptors (Lipinski definition) is 6. The summed E-state index contributed by atoms with van der Waals surface area (Å²) >= 11 is 0. The maximum absolute atomic E-state index is 13.7. The van der Waals surface area contributed by atoms with Gasteiger partial charge in [-0.2, -0.15) is 0 Å². The number of nitro benzene ring substituents is 1. The van der Waals surface area contributed by atoms with Crippen LogP contribution in [0.4, 0.5) is 11.4 Å². The van der Waals surface area contributed by atoms with Crippen LogP contribution in [0.1, 0.15) is 29.5 Å². The van der Waals surface area contributed by atoms with Gasteiger partial charge in [-0.15, -0.1) is 0 Å². The third-order valence-corrected chi connectivity index (χ3v) is 6.76. The van der Waals surface area contributed by atoms with Gasteiger partial charge in [-0.25, -0.2) is 4.90 Å². The Morgan fingerprint density at radius 3 is 2.18 bits per heavy atom. The summed E-state index contributed by atoms with van der Waals surface area (Å²) in [5.41, 5.74) is 3.66. The highest BCUT2D eigenvalue weighted by Gasteiger charge is 2.43. The molecule has 8 nitrogen and oxygen atoms in total. The van der Waals surface area contributed by atoms with E-state index in [1.165, 1.54) is 17.0 Å². The van der Waals surface area contributed by atoms with Crippen LogP contribution in [-0.4, -0.2) is 59.8 Å². The Bertz CT molecular complexity index is 1150. The summed E-state index contributed by atoms with van der Waals surface area (Å²) in [6.45, 7) is 5.75. The number of nitrogens with zero attached hydrogens (tertiary/aromatic N) is 4. The molecule has 2 amide bonds. The molecule has 2 aliphatic rings. The molecule has 0 bridgehead atoms. The van der Waals surface area contributed by atoms with Gasteiger partial charge in [-0.3, -0.25) is 19.7 Å². The largest absolute Gasteiger partial charge is 0.366 e. The fourth-order valence-corrected chi connectivity index (χ4v) is 4.52. The Kier molecular flexibility index (Phi) is 6.03. The van der Waals surface area contributed by atoms with Crippen LogP contribution in [-0.2, 0) is 9.59 Å². The summed E-state index contributed by atoms with van der Waals surface area (Å²) in [6.07, 6.45) is 1.77. The van der Waals surface area contributed by atoms with E-state index in [-0.39, 0.29) is 23.2 Å². The van der Waals surface area contributed by atoms with Crippen LogP contribution < -0.4 is 4.90 Å². The molecule has 1 saturated heterocycles. The molecule has 0 unspecified atom stereocenters. The number of rotatable bonds is 5. The predicted octanol–water partition coefficient (Wildman–Crippen LogP) is 3.52. The molecule has 33 heavy (non-hydrogen) atoms. The van der Waals surface area contributed by atoms with Crippen LogP contribution >= 0.6 is 0 Å². The van der Waals surface area contributed by atoms with Gasteiger partial charge in [0.05, 0.1) is 16.2 Å². The monoisotopic (exact) mass is 448 g/mol. The highest BCUT2D eigenvalue weighted by Crippen LogP contribution is 2.37. The summed E-state index contributed by atoms with van der Waals surface area (Å²) in [5, 5.41) is 11.1. The zero-order valence-electron chi connectivity index (χ0n) is 19.4. The van der Waals surface area contributed by atoms with Gasteiger partial charge in [0, 0.05) is 25.2 Å². The maximum Gasteiger partial charge on any atom is 0.282 e. The van der Waals surface area contributed by atoms with E-state index in [0.717, 1.165) is 37.1 Å². The molecular weight excluding hydrogens is 420 g/mol. The highest BCUT2D eigenvalue weighted by atomic mass is 16.6. The minimum Gasteiger partial charge on any atom is -0.366 e. The summed E-state index contributed by atoms with van der Waals surface area (Å²) in [7, 11) is 3.94. The van der Waals surface area contributed by atoms with Crippen molar-refractivity contribution in [2.24, 2.45) is 0 Å². The Balaban J connectivity index is 1.79. The van der Waals surface area contributed by atoms with E-state index in [2.05, 4.69) is 11.9 Å². The smallest absolute Gasteiger partial charge is 0.282 e. The third-order valence-electron chi connectivity index (χ3n) is 6.76. The van der Waals surface area contributed by atoms with Crippen LogP contribution in [0.3, 0.4) is 0 Å². The number of non-ortho nitro benzene ring substituents is 1. The lowest BCUT2D eigenvalue weighted by atomic mass is 10.00. The average molecular weight is 449 g/mol. The van der Waals surface area contributed by atoms with Crippen LogP contribution in [0.2, 0.25) is 0 Å². The second-order valence-electron chi connectivity index (χ2n) is 8.89. The molecule has 0 N–H and O–H groups in total. The fraction of sp³-hybridized carbons (Fsp3) is 0.360. The topological polar surface area (TPSA) is 87.0 Å². The molecule has 2 aliphatic heterocycles. The van der Waals surface area contributed by atoms with Gasteiger partial charge in [-0.1, -0.05) is 6.07 Å². The van der Waals surface area contributed by atoms with Crippen LogP contribution in [0, 0.1) is 24.0 Å². The number of piperidine rings is 1. The number of aryl methyl sites for hydroxylation is 2. The van der Waals surface area contributed by atoms with Crippen molar-refractivity contribution in [1.29, 1.82) is 0 Å². The number of nitro groups is 1. The van der Waals surface area contributed by atoms with Crippen molar-refractivity contribution in [3.63, 3.8) is 0 Å². The first-order chi connectivity index (χ1) is 15.7. The molecule has 0 spiro atoms. The van der Waals surface area contributed by atoms with Crippen LogP contribution in [0.5, 0.6) is 0 Å². The minimum absolute atomic E-state index is 0.0626. The molecule has 2 aromatic rings. The first-order valence-corrected chi connectivity index (χ1v) is 11.1. The predicted molar refractivity (Wildman–Crippen MR) is 127 cm³/mol. The summed E-state index contributed by atoms with van der Waals surface area (Å²) in [5.74, 6) is -0.773. The molecule has 2 heterocycles. The van der Waals surface area contributed by atoms with E-state index in [1.54, 1.807) is 18.2 Å². The zero-order valence-corrected chi connectivity index (χ0v) is 19.4. The Morgan fingerprint density at radius 2 is 1.61 bits per heavy atom. The van der Waals surface area contributed by atoms with Crippen molar-refractivity contribution in [3.05, 3.63) is 75.0 Å². The van der Waals surface area contributed by atoms with Gasteiger partial charge in [0.1, 0.15) is 5.70 Å². The van der Waals surface area contributed by atoms with Gasteiger partial charge in [0.2, 0.25) is 0 Å². The molecule has 172 valence electrons. The van der Waals surface area contributed by atoms with Gasteiger partial charge >= 0.3 is 0 Å². The molecule has 0 saturated carbocycles. The van der Waals surface area contributed by atoms with Crippen molar-refractivity contribution < 1.29 is 14.5 Å². The molecule has 4 rings (SSSR count). The lowest BCUT2D eigenvalue weighted by Gasteiger charge is -2.36. The third kappa shape index (κ3) is 4.14. The average Bonchev–Trinajstić information content (AvgIpc) is 3.05. The molecule has 0 radical (unpaired) electrons. The SMILES string of the molecule is Cc1ccc(N2C(=O)C(c3ccc([N+](=O)[O-])cc3)=C(N(C)C3CCN(C)CC3)C2=O)cc1C. The van der Waals surface area contributed by atoms with Gasteiger partial charge in [0.25, 0.3) is 17.5 Å². The Morgan fingerprint density at radius 1 is 0.970 bits per heavy atom. The zero-order chi connectivity index (χ0) is 23.9. The number of likely N-dealkylation sites (N-methyl/N-ethyl adjacent to an activating group) is 1. The van der Waals surface area contributed by atoms with Crippen molar-refractivity contribution in [1.82, 2.24) is 9.80 Å². The number of carbonyl (C=O) groups is 2. The first-order valence-electron chi connectivity index (χ1n) is 11.1. The van der Waals surface area contributed by atoms with E-state index in [1.807, 2.05) is 37.9 Å². The molecular formula is C25H28N4O4. The van der Waals surface area contributed by atoms with Gasteiger partial charge in [0.15, 0.2) is 0 Å². The van der Waals surface area contributed by atoms with Crippen LogP contribution in [0.25, 0.3) is 5.57 Å². The van der Waals surface area contributed by atoms with E-state index in [9.17, 15) is 19.7 Å². The van der Waals surface area contributed by atoms with E-state index in [4.69, 9.17) is 0 Å². The van der Waals surface area contributed by atoms with E-state index >= 15 is 0 Å². The standard InChI is InChI=1S/C25H28N4O4/c1-16-5-8-21(15-17(16)2)28-24(30)22(18-6-9-20(10-7-18)29(32)33)23(25(28)31)27(4)19-11-13-26(3)14-12-19/h5-10,15,19H,11-14H2,1-4H3. The normalized spacial score (nSPS) is 17.8. The number of likely N-dealkylation sites (tertiary alicyclic amines) is 1. The second-order valence-corrected chi connectivity index (χ2v) is 8.89. The fourth-order valence-electron chi connectivity index (χ4n) is 4.52. The van der Waals surface area contributed by atoms with Crippen molar-refractivity contribution in [2.75, 3.05) is 32.1 Å². The summed E-state index contributed by atoms with van der Waals surface area (Å²) < 4.78 is 0. The van der Waals surface area contributed by atoms with E-state index < -0.39 is 10.8 Å². The number of imide groups is 1. The number of hydrogen-bond donors (Lipinski definition) is 0. The Hall–Kier alpha value is -3.52. The number of amides is 2.